The molecule has 0 aromatic heterocycles. The van der Waals surface area contributed by atoms with Gasteiger partial charge in [0.15, 0.2) is 0 Å². The molecule has 0 aliphatic carbocycles. The van der Waals surface area contributed by atoms with Crippen molar-refractivity contribution in [3.63, 3.8) is 0 Å². The first-order chi connectivity index (χ1) is 9.27. The number of halogens is 1. The van der Waals surface area contributed by atoms with E-state index in [-0.39, 0.29) is 0 Å². The molecule has 0 atom stereocenters. The van der Waals surface area contributed by atoms with Gasteiger partial charge in [-0.15, -0.1) is 6.58 Å². The van der Waals surface area contributed by atoms with Crippen LogP contribution in [-0.2, 0) is 11.3 Å². The highest BCUT2D eigenvalue weighted by atomic mass is 35.5. The van der Waals surface area contributed by atoms with Gasteiger partial charge < -0.3 is 14.8 Å². The van der Waals surface area contributed by atoms with E-state index in [0.717, 1.165) is 37.2 Å². The molecule has 0 bridgehead atoms. The smallest absolute Gasteiger partial charge is 0.137 e. The second kappa shape index (κ2) is 9.84. The van der Waals surface area contributed by atoms with Gasteiger partial charge in [0.2, 0.25) is 0 Å². The maximum atomic E-state index is 6.18. The third-order valence-corrected chi connectivity index (χ3v) is 2.91. The van der Waals surface area contributed by atoms with Crippen LogP contribution in [0, 0.1) is 0 Å². The first-order valence-corrected chi connectivity index (χ1v) is 6.87. The number of hydrogen-bond donors (Lipinski definition) is 1. The summed E-state index contributed by atoms with van der Waals surface area (Å²) in [6.45, 7) is 6.65. The van der Waals surface area contributed by atoms with Crippen LogP contribution in [0.5, 0.6) is 5.75 Å². The Morgan fingerprint density at radius 3 is 2.89 bits per heavy atom. The van der Waals surface area contributed by atoms with Crippen LogP contribution in [0.3, 0.4) is 0 Å². The molecule has 1 aromatic rings. The van der Waals surface area contributed by atoms with E-state index in [9.17, 15) is 0 Å². The summed E-state index contributed by atoms with van der Waals surface area (Å²) < 4.78 is 10.6. The van der Waals surface area contributed by atoms with Crippen molar-refractivity contribution in [2.75, 3.05) is 26.9 Å². The number of benzene rings is 1. The Labute approximate surface area is 120 Å². The summed E-state index contributed by atoms with van der Waals surface area (Å²) >= 11 is 6.18. The first-order valence-electron chi connectivity index (χ1n) is 6.49. The number of allylic oxidation sites excluding steroid dienone is 1. The number of ether oxygens (including phenoxy) is 2. The predicted octanol–water partition coefficient (Wildman–Crippen LogP) is 3.42. The minimum atomic E-state index is 0.657. The molecule has 0 saturated heterocycles. The van der Waals surface area contributed by atoms with Crippen molar-refractivity contribution in [3.05, 3.63) is 41.4 Å². The van der Waals surface area contributed by atoms with Gasteiger partial charge in [0.05, 0.1) is 18.2 Å². The van der Waals surface area contributed by atoms with E-state index in [2.05, 4.69) is 11.9 Å². The average Bonchev–Trinajstić information content (AvgIpc) is 2.42. The zero-order valence-electron chi connectivity index (χ0n) is 11.5. The largest absolute Gasteiger partial charge is 0.492 e. The van der Waals surface area contributed by atoms with Gasteiger partial charge in [-0.25, -0.2) is 0 Å². The topological polar surface area (TPSA) is 30.5 Å². The Hall–Kier alpha value is -1.03. The van der Waals surface area contributed by atoms with Gasteiger partial charge in [0, 0.05) is 20.2 Å². The summed E-state index contributed by atoms with van der Waals surface area (Å²) in [5, 5.41) is 3.93. The summed E-state index contributed by atoms with van der Waals surface area (Å²) in [6, 6.07) is 5.88. The van der Waals surface area contributed by atoms with Crippen LogP contribution in [0.4, 0.5) is 0 Å². The number of hydrogen-bond acceptors (Lipinski definition) is 3. The molecular weight excluding hydrogens is 262 g/mol. The van der Waals surface area contributed by atoms with Gasteiger partial charge >= 0.3 is 0 Å². The fourth-order valence-corrected chi connectivity index (χ4v) is 1.85. The molecule has 106 valence electrons. The van der Waals surface area contributed by atoms with Crippen LogP contribution in [0.25, 0.3) is 0 Å². The zero-order valence-corrected chi connectivity index (χ0v) is 12.2. The van der Waals surface area contributed by atoms with Crippen molar-refractivity contribution in [1.82, 2.24) is 5.32 Å². The minimum Gasteiger partial charge on any atom is -0.492 e. The molecule has 0 saturated carbocycles. The van der Waals surface area contributed by atoms with Crippen molar-refractivity contribution in [2.45, 2.75) is 19.4 Å². The van der Waals surface area contributed by atoms with E-state index in [1.54, 1.807) is 7.11 Å². The van der Waals surface area contributed by atoms with Crippen molar-refractivity contribution in [1.29, 1.82) is 0 Å². The van der Waals surface area contributed by atoms with Gasteiger partial charge in [0.1, 0.15) is 5.75 Å². The average molecular weight is 284 g/mol. The Bertz CT molecular complexity index is 382. The standard InChI is InChI=1S/C15H22ClNO2/c1-3-4-5-9-19-15-7-6-13(11-14(15)16)12-17-8-10-18-2/h3,6-7,11,17H,1,4-5,8-10,12H2,2H3. The molecule has 0 amide bonds. The lowest BCUT2D eigenvalue weighted by atomic mass is 10.2. The van der Waals surface area contributed by atoms with E-state index in [1.165, 1.54) is 0 Å². The van der Waals surface area contributed by atoms with E-state index in [1.807, 2.05) is 24.3 Å². The lowest BCUT2D eigenvalue weighted by Crippen LogP contribution is -2.18. The van der Waals surface area contributed by atoms with Crippen molar-refractivity contribution < 1.29 is 9.47 Å². The fourth-order valence-electron chi connectivity index (χ4n) is 1.59. The molecule has 0 spiro atoms. The van der Waals surface area contributed by atoms with Crippen LogP contribution in [-0.4, -0.2) is 26.9 Å². The molecule has 19 heavy (non-hydrogen) atoms. The number of rotatable bonds is 10. The van der Waals surface area contributed by atoms with Gasteiger partial charge in [-0.2, -0.15) is 0 Å². The Morgan fingerprint density at radius 1 is 1.37 bits per heavy atom. The molecular formula is C15H22ClNO2. The molecule has 0 fully saturated rings. The Balaban J connectivity index is 2.38. The number of methoxy groups -OCH3 is 1. The van der Waals surface area contributed by atoms with Gasteiger partial charge in [-0.1, -0.05) is 23.7 Å². The lowest BCUT2D eigenvalue weighted by Gasteiger charge is -2.10. The maximum absolute atomic E-state index is 6.18. The molecule has 0 radical (unpaired) electrons. The monoisotopic (exact) mass is 283 g/mol. The van der Waals surface area contributed by atoms with E-state index in [4.69, 9.17) is 21.1 Å². The summed E-state index contributed by atoms with van der Waals surface area (Å²) in [5.41, 5.74) is 1.14. The highest BCUT2D eigenvalue weighted by Gasteiger charge is 2.03. The van der Waals surface area contributed by atoms with Crippen LogP contribution >= 0.6 is 11.6 Å². The highest BCUT2D eigenvalue weighted by Crippen LogP contribution is 2.25. The summed E-state index contributed by atoms with van der Waals surface area (Å²) in [4.78, 5) is 0. The third kappa shape index (κ3) is 6.62. The van der Waals surface area contributed by atoms with Gasteiger partial charge in [-0.05, 0) is 30.5 Å². The molecule has 4 heteroatoms. The zero-order chi connectivity index (χ0) is 13.9. The first kappa shape index (κ1) is 16.0. The molecule has 0 unspecified atom stereocenters. The lowest BCUT2D eigenvalue weighted by molar-refractivity contribution is 0.199. The summed E-state index contributed by atoms with van der Waals surface area (Å²) in [5.74, 6) is 0.742. The quantitative estimate of drug-likeness (QED) is 0.527. The minimum absolute atomic E-state index is 0.657. The number of nitrogens with one attached hydrogen (secondary N) is 1. The Kier molecular flexibility index (Phi) is 8.30. The Morgan fingerprint density at radius 2 is 2.21 bits per heavy atom. The van der Waals surface area contributed by atoms with Crippen molar-refractivity contribution >= 4 is 11.6 Å². The fraction of sp³-hybridized carbons (Fsp3) is 0.467. The normalized spacial score (nSPS) is 10.4. The predicted molar refractivity (Wildman–Crippen MR) is 80.0 cm³/mol. The maximum Gasteiger partial charge on any atom is 0.137 e. The molecule has 0 aliphatic rings. The van der Waals surface area contributed by atoms with Crippen LogP contribution in [0.2, 0.25) is 5.02 Å². The molecule has 0 heterocycles. The van der Waals surface area contributed by atoms with Crippen molar-refractivity contribution in [2.24, 2.45) is 0 Å². The molecule has 0 aliphatic heterocycles. The molecule has 3 nitrogen and oxygen atoms in total. The summed E-state index contributed by atoms with van der Waals surface area (Å²) in [7, 11) is 1.69. The van der Waals surface area contributed by atoms with Crippen LogP contribution < -0.4 is 10.1 Å². The van der Waals surface area contributed by atoms with E-state index >= 15 is 0 Å². The second-order valence-electron chi connectivity index (χ2n) is 4.21. The number of unbranched alkanes of at least 4 members (excludes halogenated alkanes) is 1. The molecule has 1 N–H and O–H groups in total. The second-order valence-corrected chi connectivity index (χ2v) is 4.62. The molecule has 1 aromatic carbocycles. The van der Waals surface area contributed by atoms with Crippen LogP contribution in [0.15, 0.2) is 30.9 Å². The summed E-state index contributed by atoms with van der Waals surface area (Å²) in [6.07, 6.45) is 3.80. The van der Waals surface area contributed by atoms with Crippen molar-refractivity contribution in [3.8, 4) is 5.75 Å². The highest BCUT2D eigenvalue weighted by molar-refractivity contribution is 6.32. The van der Waals surface area contributed by atoms with Gasteiger partial charge in [0.25, 0.3) is 0 Å². The SMILES string of the molecule is C=CCCCOc1ccc(CNCCOC)cc1Cl. The molecule has 1 rings (SSSR count). The van der Waals surface area contributed by atoms with E-state index < -0.39 is 0 Å². The third-order valence-electron chi connectivity index (χ3n) is 2.62. The van der Waals surface area contributed by atoms with Gasteiger partial charge in [-0.3, -0.25) is 0 Å². The van der Waals surface area contributed by atoms with Crippen LogP contribution in [0.1, 0.15) is 18.4 Å². The van der Waals surface area contributed by atoms with E-state index in [0.29, 0.717) is 18.2 Å².